The van der Waals surface area contributed by atoms with E-state index in [0.29, 0.717) is 19.7 Å². The lowest BCUT2D eigenvalue weighted by Gasteiger charge is -2.39. The van der Waals surface area contributed by atoms with Crippen LogP contribution in [-0.4, -0.2) is 65.8 Å². The molecule has 1 aliphatic rings. The molecule has 6 nitrogen and oxygen atoms in total. The summed E-state index contributed by atoms with van der Waals surface area (Å²) in [5.41, 5.74) is -0.332. The van der Waals surface area contributed by atoms with Gasteiger partial charge in [0, 0.05) is 20.1 Å². The number of carboxylic acids is 1. The minimum Gasteiger partial charge on any atom is -0.481 e. The maximum absolute atomic E-state index is 12.0. The van der Waals surface area contributed by atoms with Crippen molar-refractivity contribution in [3.8, 4) is 0 Å². The summed E-state index contributed by atoms with van der Waals surface area (Å²) in [5.74, 6) is -0.896. The smallest absolute Gasteiger partial charge is 0.319 e. The van der Waals surface area contributed by atoms with Gasteiger partial charge in [-0.05, 0) is 13.8 Å². The summed E-state index contributed by atoms with van der Waals surface area (Å²) >= 11 is 0. The molecule has 0 atom stereocenters. The van der Waals surface area contributed by atoms with Crippen molar-refractivity contribution in [1.82, 2.24) is 9.80 Å². The highest BCUT2D eigenvalue weighted by Gasteiger charge is 2.31. The molecule has 0 spiro atoms. The van der Waals surface area contributed by atoms with Crippen molar-refractivity contribution < 1.29 is 19.4 Å². The first-order valence-corrected chi connectivity index (χ1v) is 5.67. The van der Waals surface area contributed by atoms with Crippen LogP contribution in [0.2, 0.25) is 0 Å². The topological polar surface area (TPSA) is 70.1 Å². The van der Waals surface area contributed by atoms with Gasteiger partial charge in [-0.1, -0.05) is 0 Å². The second-order valence-electron chi connectivity index (χ2n) is 4.88. The van der Waals surface area contributed by atoms with Crippen LogP contribution in [0.4, 0.5) is 4.79 Å². The molecule has 0 aromatic rings. The molecule has 1 N–H and O–H groups in total. The highest BCUT2D eigenvalue weighted by molar-refractivity contribution is 5.75. The lowest BCUT2D eigenvalue weighted by atomic mass is 10.1. The van der Waals surface area contributed by atoms with Gasteiger partial charge in [-0.15, -0.1) is 0 Å². The first kappa shape index (κ1) is 13.8. The standard InChI is InChI=1S/C11H20N2O4/c1-11(2)8-13(6-7-17-11)10(16)12(3)5-4-9(14)15/h4-8H2,1-3H3,(H,14,15). The summed E-state index contributed by atoms with van der Waals surface area (Å²) in [4.78, 5) is 25.6. The molecule has 98 valence electrons. The van der Waals surface area contributed by atoms with E-state index in [2.05, 4.69) is 0 Å². The van der Waals surface area contributed by atoms with Crippen molar-refractivity contribution in [3.63, 3.8) is 0 Å². The summed E-state index contributed by atoms with van der Waals surface area (Å²) in [5, 5.41) is 8.57. The zero-order chi connectivity index (χ0) is 13.1. The van der Waals surface area contributed by atoms with Gasteiger partial charge < -0.3 is 19.6 Å². The van der Waals surface area contributed by atoms with E-state index >= 15 is 0 Å². The number of hydrogen-bond acceptors (Lipinski definition) is 3. The summed E-state index contributed by atoms with van der Waals surface area (Å²) in [6.45, 7) is 5.70. The predicted octanol–water partition coefficient (Wildman–Crippen LogP) is 0.624. The molecule has 17 heavy (non-hydrogen) atoms. The van der Waals surface area contributed by atoms with Crippen LogP contribution in [0, 0.1) is 0 Å². The number of carbonyl (C=O) groups excluding carboxylic acids is 1. The molecule has 1 fully saturated rings. The van der Waals surface area contributed by atoms with Gasteiger partial charge in [0.1, 0.15) is 0 Å². The van der Waals surface area contributed by atoms with Crippen molar-refractivity contribution in [2.45, 2.75) is 25.9 Å². The number of aliphatic carboxylic acids is 1. The molecule has 0 aliphatic carbocycles. The number of amides is 2. The fourth-order valence-corrected chi connectivity index (χ4v) is 1.78. The van der Waals surface area contributed by atoms with E-state index in [1.807, 2.05) is 13.8 Å². The number of morpholine rings is 1. The van der Waals surface area contributed by atoms with Gasteiger partial charge in [-0.25, -0.2) is 4.79 Å². The van der Waals surface area contributed by atoms with E-state index in [4.69, 9.17) is 9.84 Å². The number of ether oxygens (including phenoxy) is 1. The van der Waals surface area contributed by atoms with Crippen LogP contribution >= 0.6 is 0 Å². The molecule has 0 bridgehead atoms. The number of urea groups is 1. The molecule has 0 unspecified atom stereocenters. The second kappa shape index (κ2) is 5.35. The average molecular weight is 244 g/mol. The van der Waals surface area contributed by atoms with Gasteiger partial charge in [-0.2, -0.15) is 0 Å². The van der Waals surface area contributed by atoms with E-state index < -0.39 is 5.97 Å². The Morgan fingerprint density at radius 3 is 2.65 bits per heavy atom. The highest BCUT2D eigenvalue weighted by atomic mass is 16.5. The monoisotopic (exact) mass is 244 g/mol. The molecule has 1 saturated heterocycles. The second-order valence-corrected chi connectivity index (χ2v) is 4.88. The Hall–Kier alpha value is -1.30. The third-order valence-electron chi connectivity index (χ3n) is 2.68. The normalized spacial score (nSPS) is 18.9. The fourth-order valence-electron chi connectivity index (χ4n) is 1.78. The molecule has 0 aromatic carbocycles. The molecule has 2 amide bonds. The minimum atomic E-state index is -0.896. The van der Waals surface area contributed by atoms with Gasteiger partial charge in [-0.3, -0.25) is 4.79 Å². The highest BCUT2D eigenvalue weighted by Crippen LogP contribution is 2.17. The number of carbonyl (C=O) groups is 2. The summed E-state index contributed by atoms with van der Waals surface area (Å²) in [7, 11) is 1.62. The third-order valence-corrected chi connectivity index (χ3v) is 2.68. The Balaban J connectivity index is 2.48. The lowest BCUT2D eigenvalue weighted by molar-refractivity contribution is -0.137. The van der Waals surface area contributed by atoms with Crippen molar-refractivity contribution in [3.05, 3.63) is 0 Å². The van der Waals surface area contributed by atoms with Crippen LogP contribution in [-0.2, 0) is 9.53 Å². The van der Waals surface area contributed by atoms with Crippen LogP contribution in [0.25, 0.3) is 0 Å². The van der Waals surface area contributed by atoms with E-state index in [0.717, 1.165) is 0 Å². The summed E-state index contributed by atoms with van der Waals surface area (Å²) in [6.07, 6.45) is -0.0318. The number of nitrogens with zero attached hydrogens (tertiary/aromatic N) is 2. The van der Waals surface area contributed by atoms with Crippen molar-refractivity contribution >= 4 is 12.0 Å². The van der Waals surface area contributed by atoms with Crippen LogP contribution in [0.3, 0.4) is 0 Å². The van der Waals surface area contributed by atoms with Crippen molar-refractivity contribution in [1.29, 1.82) is 0 Å². The maximum Gasteiger partial charge on any atom is 0.319 e. The first-order chi connectivity index (χ1) is 7.82. The lowest BCUT2D eigenvalue weighted by Crippen LogP contribution is -2.53. The Morgan fingerprint density at radius 2 is 2.12 bits per heavy atom. The van der Waals surface area contributed by atoms with Gasteiger partial charge in [0.05, 0.1) is 25.2 Å². The van der Waals surface area contributed by atoms with Gasteiger partial charge in [0.15, 0.2) is 0 Å². The summed E-state index contributed by atoms with van der Waals surface area (Å²) in [6, 6.07) is -0.136. The fraction of sp³-hybridized carbons (Fsp3) is 0.818. The molecule has 0 radical (unpaired) electrons. The molecule has 6 heteroatoms. The maximum atomic E-state index is 12.0. The SMILES string of the molecule is CN(CCC(=O)O)C(=O)N1CCOC(C)(C)C1. The molecule has 0 saturated carbocycles. The Kier molecular flexibility index (Phi) is 4.34. The van der Waals surface area contributed by atoms with E-state index in [9.17, 15) is 9.59 Å². The van der Waals surface area contributed by atoms with E-state index in [-0.39, 0.29) is 24.6 Å². The van der Waals surface area contributed by atoms with Crippen molar-refractivity contribution in [2.75, 3.05) is 33.3 Å². The largest absolute Gasteiger partial charge is 0.481 e. The van der Waals surface area contributed by atoms with Gasteiger partial charge >= 0.3 is 12.0 Å². The van der Waals surface area contributed by atoms with E-state index in [1.165, 1.54) is 4.90 Å². The van der Waals surface area contributed by atoms with Gasteiger partial charge in [0.2, 0.25) is 0 Å². The zero-order valence-corrected chi connectivity index (χ0v) is 10.6. The predicted molar refractivity (Wildman–Crippen MR) is 61.9 cm³/mol. The molecule has 1 heterocycles. The first-order valence-electron chi connectivity index (χ1n) is 5.67. The number of carboxylic acid groups (broad SMARTS) is 1. The minimum absolute atomic E-state index is 0.0318. The zero-order valence-electron chi connectivity index (χ0n) is 10.6. The third kappa shape index (κ3) is 4.22. The van der Waals surface area contributed by atoms with Crippen LogP contribution in [0.1, 0.15) is 20.3 Å². The Labute approximate surface area is 101 Å². The Morgan fingerprint density at radius 1 is 1.47 bits per heavy atom. The molecular formula is C11H20N2O4. The van der Waals surface area contributed by atoms with Crippen LogP contribution in [0.15, 0.2) is 0 Å². The quantitative estimate of drug-likeness (QED) is 0.790. The van der Waals surface area contributed by atoms with Crippen molar-refractivity contribution in [2.24, 2.45) is 0 Å². The van der Waals surface area contributed by atoms with Gasteiger partial charge in [0.25, 0.3) is 0 Å². The Bertz CT molecular complexity index is 304. The molecule has 1 rings (SSSR count). The van der Waals surface area contributed by atoms with Crippen LogP contribution in [0.5, 0.6) is 0 Å². The average Bonchev–Trinajstić information content (AvgIpc) is 2.23. The summed E-state index contributed by atoms with van der Waals surface area (Å²) < 4.78 is 5.52. The van der Waals surface area contributed by atoms with Crippen LogP contribution < -0.4 is 0 Å². The number of hydrogen-bond donors (Lipinski definition) is 1. The molecular weight excluding hydrogens is 224 g/mol. The number of rotatable bonds is 3. The van der Waals surface area contributed by atoms with E-state index in [1.54, 1.807) is 11.9 Å². The molecule has 0 aromatic heterocycles. The molecule has 1 aliphatic heterocycles.